The first-order valence-corrected chi connectivity index (χ1v) is 13.6. The van der Waals surface area contributed by atoms with Gasteiger partial charge < -0.3 is 23.7 Å². The molecular formula is C29H25F3N6O5. The standard InChI is InChI=1S/C29H25F3N6O5/c1-33-26-27(39)38(28(40)35-34-26)19-10-8-18(9-11-19)37-14-12-20(13-15-37)41-16-22-24(36-43-25(22)17-6-7-17)21-4-2-3-5-23(21)42-29(30,31)32/h2-5,8-11,17,20H,6-7,12-16H2,(H,35,40). The van der Waals surface area contributed by atoms with Crippen LogP contribution in [0.15, 0.2) is 62.6 Å². The molecule has 2 aromatic carbocycles. The SMILES string of the molecule is [C-]#[N+]c1n[nH]c(=O)n(-c2ccc(N3CCC(OCc4c(-c5ccccc5OC(F)(F)F)noc4C4CC4)CC3)cc2)c1=O. The fourth-order valence-corrected chi connectivity index (χ4v) is 5.21. The molecule has 1 aliphatic heterocycles. The first-order valence-electron chi connectivity index (χ1n) is 13.6. The van der Waals surface area contributed by atoms with E-state index in [0.29, 0.717) is 42.9 Å². The predicted molar refractivity (Wildman–Crippen MR) is 147 cm³/mol. The Kier molecular flexibility index (Phi) is 7.49. The van der Waals surface area contributed by atoms with Crippen LogP contribution < -0.4 is 20.9 Å². The molecule has 1 saturated carbocycles. The fraction of sp³-hybridized carbons (Fsp3) is 0.345. The highest BCUT2D eigenvalue weighted by Gasteiger charge is 2.36. The first-order chi connectivity index (χ1) is 20.7. The topological polar surface area (TPSA) is 120 Å². The van der Waals surface area contributed by atoms with Crippen LogP contribution >= 0.6 is 0 Å². The van der Waals surface area contributed by atoms with Gasteiger partial charge in [-0.3, -0.25) is 4.79 Å². The van der Waals surface area contributed by atoms with Crippen molar-refractivity contribution < 1.29 is 27.2 Å². The third kappa shape index (κ3) is 6.02. The molecule has 4 aromatic rings. The van der Waals surface area contributed by atoms with E-state index in [1.54, 1.807) is 30.3 Å². The second-order valence-corrected chi connectivity index (χ2v) is 10.3. The lowest BCUT2D eigenvalue weighted by Crippen LogP contribution is -2.37. The number of piperidine rings is 1. The molecule has 222 valence electrons. The summed E-state index contributed by atoms with van der Waals surface area (Å²) in [5.41, 5.74) is 0.801. The highest BCUT2D eigenvalue weighted by atomic mass is 19.4. The quantitative estimate of drug-likeness (QED) is 0.280. The van der Waals surface area contributed by atoms with Crippen molar-refractivity contribution >= 4 is 11.5 Å². The minimum atomic E-state index is -4.85. The highest BCUT2D eigenvalue weighted by Crippen LogP contribution is 2.45. The third-order valence-electron chi connectivity index (χ3n) is 7.47. The van der Waals surface area contributed by atoms with E-state index in [9.17, 15) is 22.8 Å². The number of aromatic amines is 1. The zero-order valence-electron chi connectivity index (χ0n) is 22.6. The molecule has 2 fully saturated rings. The Hall–Kier alpha value is -4.90. The Morgan fingerprint density at radius 1 is 1.02 bits per heavy atom. The number of para-hydroxylation sites is 1. The second-order valence-electron chi connectivity index (χ2n) is 10.3. The van der Waals surface area contributed by atoms with Gasteiger partial charge in [-0.2, -0.15) is 0 Å². The van der Waals surface area contributed by atoms with E-state index in [2.05, 4.69) is 29.8 Å². The summed E-state index contributed by atoms with van der Waals surface area (Å²) in [6.45, 7) is 8.55. The van der Waals surface area contributed by atoms with E-state index in [-0.39, 0.29) is 35.6 Å². The zero-order chi connectivity index (χ0) is 30.1. The number of H-pyrrole nitrogens is 1. The molecule has 43 heavy (non-hydrogen) atoms. The first kappa shape index (κ1) is 28.2. The second kappa shape index (κ2) is 11.4. The number of hydrogen-bond acceptors (Lipinski definition) is 8. The van der Waals surface area contributed by atoms with Gasteiger partial charge in [-0.1, -0.05) is 23.9 Å². The Morgan fingerprint density at radius 3 is 2.40 bits per heavy atom. The number of hydrogen-bond donors (Lipinski definition) is 1. The molecule has 1 aliphatic carbocycles. The number of ether oxygens (including phenoxy) is 2. The number of benzene rings is 2. The third-order valence-corrected chi connectivity index (χ3v) is 7.47. The molecular weight excluding hydrogens is 569 g/mol. The molecule has 2 aromatic heterocycles. The summed E-state index contributed by atoms with van der Waals surface area (Å²) in [6, 6.07) is 12.7. The van der Waals surface area contributed by atoms with Crippen molar-refractivity contribution in [3.63, 3.8) is 0 Å². The molecule has 0 atom stereocenters. The summed E-state index contributed by atoms with van der Waals surface area (Å²) < 4.78 is 56.1. The Balaban J connectivity index is 1.13. The van der Waals surface area contributed by atoms with Crippen molar-refractivity contribution in [2.45, 2.75) is 50.7 Å². The van der Waals surface area contributed by atoms with Crippen molar-refractivity contribution in [1.82, 2.24) is 19.9 Å². The molecule has 1 N–H and O–H groups in total. The van der Waals surface area contributed by atoms with Gasteiger partial charge in [-0.25, -0.2) is 9.36 Å². The van der Waals surface area contributed by atoms with Gasteiger partial charge in [0.1, 0.15) is 17.2 Å². The van der Waals surface area contributed by atoms with Gasteiger partial charge in [-0.15, -0.1) is 18.3 Å². The number of nitrogens with zero attached hydrogens (tertiary/aromatic N) is 5. The molecule has 11 nitrogen and oxygen atoms in total. The lowest BCUT2D eigenvalue weighted by molar-refractivity contribution is -0.274. The van der Waals surface area contributed by atoms with Gasteiger partial charge in [0.15, 0.2) is 0 Å². The average molecular weight is 595 g/mol. The van der Waals surface area contributed by atoms with Crippen LogP contribution in [0.25, 0.3) is 21.8 Å². The molecule has 14 heteroatoms. The number of alkyl halides is 3. The number of rotatable bonds is 8. The van der Waals surface area contributed by atoms with Crippen molar-refractivity contribution in [3.05, 3.63) is 92.1 Å². The van der Waals surface area contributed by atoms with Gasteiger partial charge in [0.25, 0.3) is 5.56 Å². The number of halogens is 3. The van der Waals surface area contributed by atoms with Crippen molar-refractivity contribution in [2.75, 3.05) is 18.0 Å². The molecule has 0 unspecified atom stereocenters. The predicted octanol–water partition coefficient (Wildman–Crippen LogP) is 5.09. The van der Waals surface area contributed by atoms with E-state index in [1.807, 2.05) is 0 Å². The van der Waals surface area contributed by atoms with Crippen LogP contribution in [0.3, 0.4) is 0 Å². The van der Waals surface area contributed by atoms with Crippen molar-refractivity contribution in [1.29, 1.82) is 0 Å². The minimum Gasteiger partial charge on any atom is -0.405 e. The largest absolute Gasteiger partial charge is 0.573 e. The summed E-state index contributed by atoms with van der Waals surface area (Å²) in [5, 5.41) is 9.76. The summed E-state index contributed by atoms with van der Waals surface area (Å²) in [7, 11) is 0. The Bertz CT molecular complexity index is 1780. The van der Waals surface area contributed by atoms with E-state index in [0.717, 1.165) is 23.1 Å². The van der Waals surface area contributed by atoms with Crippen molar-refractivity contribution in [2.24, 2.45) is 0 Å². The molecule has 2 aliphatic rings. The van der Waals surface area contributed by atoms with Gasteiger partial charge in [0.05, 0.1) is 18.4 Å². The lowest BCUT2D eigenvalue weighted by atomic mass is 10.0. The van der Waals surface area contributed by atoms with E-state index >= 15 is 0 Å². The highest BCUT2D eigenvalue weighted by molar-refractivity contribution is 5.70. The summed E-state index contributed by atoms with van der Waals surface area (Å²) in [4.78, 5) is 29.8. The number of nitrogens with one attached hydrogen (secondary N) is 1. The summed E-state index contributed by atoms with van der Waals surface area (Å²) in [5.74, 6) is 0.0422. The molecule has 0 bridgehead atoms. The van der Waals surface area contributed by atoms with E-state index in [1.165, 1.54) is 18.2 Å². The Labute approximate surface area is 242 Å². The number of anilines is 1. The molecule has 0 spiro atoms. The molecule has 1 saturated heterocycles. The molecule has 0 radical (unpaired) electrons. The minimum absolute atomic E-state index is 0.0898. The fourth-order valence-electron chi connectivity index (χ4n) is 5.21. The van der Waals surface area contributed by atoms with E-state index in [4.69, 9.17) is 15.8 Å². The maximum absolute atomic E-state index is 13.0. The Morgan fingerprint density at radius 2 is 1.72 bits per heavy atom. The van der Waals surface area contributed by atoms with Crippen LogP contribution in [0.2, 0.25) is 0 Å². The van der Waals surface area contributed by atoms with Crippen LogP contribution in [0.4, 0.5) is 24.7 Å². The maximum atomic E-state index is 13.0. The summed E-state index contributed by atoms with van der Waals surface area (Å²) >= 11 is 0. The van der Waals surface area contributed by atoms with Crippen LogP contribution in [0.5, 0.6) is 5.75 Å². The molecule has 3 heterocycles. The van der Waals surface area contributed by atoms with Crippen LogP contribution in [0, 0.1) is 6.57 Å². The molecule has 6 rings (SSSR count). The van der Waals surface area contributed by atoms with Crippen molar-refractivity contribution in [3.8, 4) is 22.7 Å². The van der Waals surface area contributed by atoms with Crippen LogP contribution in [-0.2, 0) is 11.3 Å². The number of aromatic nitrogens is 4. The molecule has 0 amide bonds. The smallest absolute Gasteiger partial charge is 0.405 e. The van der Waals surface area contributed by atoms with Crippen LogP contribution in [-0.4, -0.2) is 45.5 Å². The monoisotopic (exact) mass is 594 g/mol. The normalized spacial score (nSPS) is 15.8. The van der Waals surface area contributed by atoms with Gasteiger partial charge in [0.2, 0.25) is 0 Å². The lowest BCUT2D eigenvalue weighted by Gasteiger charge is -2.33. The van der Waals surface area contributed by atoms with Crippen LogP contribution in [0.1, 0.15) is 42.9 Å². The van der Waals surface area contributed by atoms with Gasteiger partial charge in [-0.05, 0) is 67.2 Å². The van der Waals surface area contributed by atoms with E-state index < -0.39 is 23.4 Å². The van der Waals surface area contributed by atoms with Gasteiger partial charge >= 0.3 is 17.9 Å². The average Bonchev–Trinajstić information content (AvgIpc) is 3.75. The van der Waals surface area contributed by atoms with Gasteiger partial charge in [0, 0.05) is 35.8 Å². The maximum Gasteiger partial charge on any atom is 0.573 e. The summed E-state index contributed by atoms with van der Waals surface area (Å²) in [6.07, 6.45) is -1.69. The zero-order valence-corrected chi connectivity index (χ0v) is 22.6.